The van der Waals surface area contributed by atoms with Crippen molar-refractivity contribution in [1.82, 2.24) is 25.3 Å². The van der Waals surface area contributed by atoms with Crippen LogP contribution in [0.15, 0.2) is 109 Å². The normalized spacial score (nSPS) is 15.7. The highest BCUT2D eigenvalue weighted by Crippen LogP contribution is 2.25. The summed E-state index contributed by atoms with van der Waals surface area (Å²) in [5.74, 6) is -2.76. The molecular weight excluding hydrogens is 667 g/mol. The molecule has 2 aliphatic rings. The summed E-state index contributed by atoms with van der Waals surface area (Å²) in [7, 11) is 0. The zero-order valence-corrected chi connectivity index (χ0v) is 29.4. The highest BCUT2D eigenvalue weighted by Gasteiger charge is 2.38. The molecule has 2 heterocycles. The number of hydrogen-bond donors (Lipinski definition) is 3. The number of carboxylic acid groups (broad SMARTS) is 1. The molecule has 8 nitrogen and oxygen atoms in total. The molecule has 2 amide bonds. The van der Waals surface area contributed by atoms with Crippen molar-refractivity contribution in [3.8, 4) is 11.1 Å². The molecule has 2 aliphatic heterocycles. The Morgan fingerprint density at radius 1 is 0.712 bits per heavy atom. The monoisotopic (exact) mass is 715 g/mol. The maximum Gasteiger partial charge on any atom is 0.490 e. The molecule has 0 aliphatic carbocycles. The van der Waals surface area contributed by atoms with E-state index in [9.17, 15) is 18.0 Å². The molecule has 0 spiro atoms. The lowest BCUT2D eigenvalue weighted by atomic mass is 9.99. The van der Waals surface area contributed by atoms with Crippen LogP contribution in [-0.2, 0) is 30.8 Å². The van der Waals surface area contributed by atoms with Crippen LogP contribution < -0.4 is 10.6 Å². The van der Waals surface area contributed by atoms with Gasteiger partial charge in [0.15, 0.2) is 0 Å². The van der Waals surface area contributed by atoms with E-state index in [-0.39, 0.29) is 12.1 Å². The average Bonchev–Trinajstić information content (AvgIpc) is 3.16. The molecule has 52 heavy (non-hydrogen) atoms. The Morgan fingerprint density at radius 3 is 1.88 bits per heavy atom. The van der Waals surface area contributed by atoms with E-state index in [1.807, 2.05) is 6.07 Å². The van der Waals surface area contributed by atoms with Gasteiger partial charge in [-0.25, -0.2) is 9.59 Å². The SMILES string of the molecule is O=C(NCCc1ccccc1)N(Cc1ccc(-c2cccc(CN3CCNCC3)c2)cc1)C1CCN(Cc2ccccc2)CC1.O=C(O)C(F)(F)F. The topological polar surface area (TPSA) is 88.2 Å². The third kappa shape index (κ3) is 12.2. The molecule has 2 fully saturated rings. The van der Waals surface area contributed by atoms with Gasteiger partial charge in [-0.1, -0.05) is 103 Å². The molecule has 4 aromatic rings. The van der Waals surface area contributed by atoms with Gasteiger partial charge < -0.3 is 20.6 Å². The Bertz CT molecular complexity index is 1680. The smallest absolute Gasteiger partial charge is 0.475 e. The first-order chi connectivity index (χ1) is 25.1. The highest BCUT2D eigenvalue weighted by atomic mass is 19.4. The van der Waals surface area contributed by atoms with Crippen molar-refractivity contribution < 1.29 is 27.9 Å². The van der Waals surface area contributed by atoms with E-state index >= 15 is 0 Å². The van der Waals surface area contributed by atoms with E-state index in [4.69, 9.17) is 9.90 Å². The molecule has 0 unspecified atom stereocenters. The second-order valence-electron chi connectivity index (χ2n) is 13.3. The van der Waals surface area contributed by atoms with Gasteiger partial charge in [0.25, 0.3) is 0 Å². The number of rotatable bonds is 11. The number of likely N-dealkylation sites (tertiary alicyclic amines) is 1. The lowest BCUT2D eigenvalue weighted by Gasteiger charge is -2.38. The number of urea groups is 1. The Balaban J connectivity index is 0.000000679. The molecule has 11 heteroatoms. The van der Waals surface area contributed by atoms with Gasteiger partial charge in [-0.05, 0) is 58.7 Å². The van der Waals surface area contributed by atoms with Gasteiger partial charge in [-0.3, -0.25) is 9.80 Å². The average molecular weight is 716 g/mol. The van der Waals surface area contributed by atoms with Crippen LogP contribution in [0.3, 0.4) is 0 Å². The van der Waals surface area contributed by atoms with Crippen molar-refractivity contribution in [2.45, 2.75) is 51.1 Å². The molecule has 3 N–H and O–H groups in total. The van der Waals surface area contributed by atoms with Gasteiger partial charge in [0, 0.05) is 71.5 Å². The number of piperazine rings is 1. The Kier molecular flexibility index (Phi) is 14.2. The Labute approximate surface area is 304 Å². The minimum absolute atomic E-state index is 0.0390. The fourth-order valence-corrected chi connectivity index (χ4v) is 6.63. The summed E-state index contributed by atoms with van der Waals surface area (Å²) in [6.45, 7) is 9.53. The molecule has 0 saturated carbocycles. The third-order valence-corrected chi connectivity index (χ3v) is 9.47. The van der Waals surface area contributed by atoms with E-state index in [0.717, 1.165) is 71.6 Å². The van der Waals surface area contributed by atoms with Crippen LogP contribution in [0, 0.1) is 0 Å². The van der Waals surface area contributed by atoms with Crippen LogP contribution in [0.5, 0.6) is 0 Å². The molecule has 4 aromatic carbocycles. The van der Waals surface area contributed by atoms with Gasteiger partial charge in [-0.2, -0.15) is 13.2 Å². The summed E-state index contributed by atoms with van der Waals surface area (Å²) in [4.78, 5) is 29.7. The number of halogens is 3. The summed E-state index contributed by atoms with van der Waals surface area (Å²) >= 11 is 0. The van der Waals surface area contributed by atoms with Gasteiger partial charge in [-0.15, -0.1) is 0 Å². The standard InChI is InChI=1S/C39H47N5O.C2HF3O2/c45-39(41-21-18-32-8-3-1-4-9-32)44(38-19-24-42(25-20-38)29-33-10-5-2-6-11-33)31-34-14-16-36(17-15-34)37-13-7-12-35(28-37)30-43-26-22-40-23-27-43;3-2(4,5)1(6)7/h1-17,28,38,40H,18-27,29-31H2,(H,41,45);(H,6,7). The summed E-state index contributed by atoms with van der Waals surface area (Å²) < 4.78 is 31.7. The van der Waals surface area contributed by atoms with Gasteiger partial charge in [0.2, 0.25) is 0 Å². The predicted octanol–water partition coefficient (Wildman–Crippen LogP) is 6.81. The fourth-order valence-electron chi connectivity index (χ4n) is 6.63. The van der Waals surface area contributed by atoms with Gasteiger partial charge in [0.1, 0.15) is 0 Å². The van der Waals surface area contributed by atoms with Crippen LogP contribution in [0.4, 0.5) is 18.0 Å². The lowest BCUT2D eigenvalue weighted by Crippen LogP contribution is -2.50. The zero-order valence-electron chi connectivity index (χ0n) is 29.4. The number of alkyl halides is 3. The number of carbonyl (C=O) groups excluding carboxylic acids is 1. The molecule has 0 atom stereocenters. The minimum atomic E-state index is -5.08. The fraction of sp³-hybridized carbons (Fsp3) is 0.366. The second-order valence-corrected chi connectivity index (χ2v) is 13.3. The Morgan fingerprint density at radius 2 is 1.27 bits per heavy atom. The molecule has 2 saturated heterocycles. The number of aliphatic carboxylic acids is 1. The number of benzene rings is 4. The molecule has 6 rings (SSSR count). The molecule has 276 valence electrons. The van der Waals surface area contributed by atoms with Crippen molar-refractivity contribution in [3.63, 3.8) is 0 Å². The molecule has 0 bridgehead atoms. The first-order valence-corrected chi connectivity index (χ1v) is 17.9. The van der Waals surface area contributed by atoms with E-state index in [2.05, 4.69) is 128 Å². The van der Waals surface area contributed by atoms with Crippen LogP contribution in [-0.4, -0.2) is 89.8 Å². The van der Waals surface area contributed by atoms with Crippen molar-refractivity contribution in [1.29, 1.82) is 0 Å². The summed E-state index contributed by atoms with van der Waals surface area (Å²) in [5, 5.41) is 13.8. The third-order valence-electron chi connectivity index (χ3n) is 9.47. The number of carbonyl (C=O) groups is 2. The van der Waals surface area contributed by atoms with Crippen molar-refractivity contribution >= 4 is 12.0 Å². The van der Waals surface area contributed by atoms with E-state index < -0.39 is 12.1 Å². The highest BCUT2D eigenvalue weighted by molar-refractivity contribution is 5.75. The summed E-state index contributed by atoms with van der Waals surface area (Å²) in [6.07, 6.45) is -2.29. The number of piperidine rings is 1. The summed E-state index contributed by atoms with van der Waals surface area (Å²) in [6, 6.07) is 39.1. The number of nitrogens with zero attached hydrogens (tertiary/aromatic N) is 3. The minimum Gasteiger partial charge on any atom is -0.475 e. The van der Waals surface area contributed by atoms with Gasteiger partial charge in [0.05, 0.1) is 0 Å². The number of carboxylic acids is 1. The van der Waals surface area contributed by atoms with Gasteiger partial charge >= 0.3 is 18.2 Å². The molecule has 0 radical (unpaired) electrons. The van der Waals surface area contributed by atoms with Crippen molar-refractivity contribution in [2.24, 2.45) is 0 Å². The maximum absolute atomic E-state index is 13.7. The van der Waals surface area contributed by atoms with Crippen LogP contribution in [0.2, 0.25) is 0 Å². The van der Waals surface area contributed by atoms with Crippen molar-refractivity contribution in [2.75, 3.05) is 45.8 Å². The summed E-state index contributed by atoms with van der Waals surface area (Å²) in [5.41, 5.74) is 7.58. The number of hydrogen-bond acceptors (Lipinski definition) is 5. The first kappa shape index (κ1) is 38.5. The maximum atomic E-state index is 13.7. The van der Waals surface area contributed by atoms with Crippen LogP contribution in [0.1, 0.15) is 35.1 Å². The number of amides is 2. The van der Waals surface area contributed by atoms with E-state index in [1.54, 1.807) is 0 Å². The van der Waals surface area contributed by atoms with E-state index in [1.165, 1.54) is 33.4 Å². The van der Waals surface area contributed by atoms with Crippen molar-refractivity contribution in [3.05, 3.63) is 131 Å². The van der Waals surface area contributed by atoms with Crippen LogP contribution in [0.25, 0.3) is 11.1 Å². The Hall–Kier alpha value is -4.71. The lowest BCUT2D eigenvalue weighted by molar-refractivity contribution is -0.192. The van der Waals surface area contributed by atoms with Crippen LogP contribution >= 0.6 is 0 Å². The zero-order chi connectivity index (χ0) is 36.8. The van der Waals surface area contributed by atoms with E-state index in [0.29, 0.717) is 13.1 Å². The molecular formula is C41H48F3N5O3. The largest absolute Gasteiger partial charge is 0.490 e. The quantitative estimate of drug-likeness (QED) is 0.158. The second kappa shape index (κ2) is 19.2. The first-order valence-electron chi connectivity index (χ1n) is 17.9. The molecule has 0 aromatic heterocycles. The number of nitrogens with one attached hydrogen (secondary N) is 2. The predicted molar refractivity (Wildman–Crippen MR) is 198 cm³/mol.